The molecule has 0 aliphatic heterocycles. The molecule has 0 bridgehead atoms. The first-order valence-corrected chi connectivity index (χ1v) is 7.61. The molecular formula is C12H14N4O4S. The maximum absolute atomic E-state index is 12.0. The highest BCUT2D eigenvalue weighted by Crippen LogP contribution is 2.17. The number of aromatic nitrogens is 2. The molecule has 8 nitrogen and oxygen atoms in total. The normalized spacial score (nSPS) is 11.5. The van der Waals surface area contributed by atoms with E-state index in [0.717, 1.165) is 17.6 Å². The monoisotopic (exact) mass is 310 g/mol. The highest BCUT2D eigenvalue weighted by atomic mass is 32.2. The number of non-ortho nitro benzene ring substituents is 1. The van der Waals surface area contributed by atoms with Gasteiger partial charge in [0.15, 0.2) is 0 Å². The zero-order valence-corrected chi connectivity index (χ0v) is 12.1. The van der Waals surface area contributed by atoms with Gasteiger partial charge in [-0.25, -0.2) is 18.1 Å². The molecule has 0 amide bonds. The Morgan fingerprint density at radius 3 is 2.81 bits per heavy atom. The number of hydrogen-bond acceptors (Lipinski definition) is 5. The van der Waals surface area contributed by atoms with Gasteiger partial charge in [-0.3, -0.25) is 10.1 Å². The molecule has 1 heterocycles. The van der Waals surface area contributed by atoms with E-state index in [4.69, 9.17) is 0 Å². The molecule has 0 aliphatic carbocycles. The van der Waals surface area contributed by atoms with Crippen LogP contribution in [0.15, 0.2) is 35.4 Å². The molecule has 0 fully saturated rings. The van der Waals surface area contributed by atoms with Crippen LogP contribution in [-0.4, -0.2) is 29.9 Å². The quantitative estimate of drug-likeness (QED) is 0.613. The van der Waals surface area contributed by atoms with Crippen molar-refractivity contribution in [3.05, 3.63) is 52.1 Å². The summed E-state index contributed by atoms with van der Waals surface area (Å²) < 4.78 is 26.5. The molecule has 0 radical (unpaired) electrons. The fourth-order valence-electron chi connectivity index (χ4n) is 1.77. The number of nitrogens with zero attached hydrogens (tertiary/aromatic N) is 2. The largest absolute Gasteiger partial charge is 0.346 e. The van der Waals surface area contributed by atoms with Gasteiger partial charge in [0.05, 0.1) is 9.82 Å². The van der Waals surface area contributed by atoms with E-state index in [-0.39, 0.29) is 17.1 Å². The van der Waals surface area contributed by atoms with E-state index in [1.807, 2.05) is 0 Å². The molecular weight excluding hydrogens is 296 g/mol. The van der Waals surface area contributed by atoms with E-state index >= 15 is 0 Å². The number of rotatable bonds is 6. The highest BCUT2D eigenvalue weighted by molar-refractivity contribution is 7.89. The van der Waals surface area contributed by atoms with Crippen molar-refractivity contribution in [2.24, 2.45) is 0 Å². The van der Waals surface area contributed by atoms with Crippen molar-refractivity contribution < 1.29 is 13.3 Å². The second-order valence-electron chi connectivity index (χ2n) is 4.40. The van der Waals surface area contributed by atoms with Gasteiger partial charge < -0.3 is 4.98 Å². The lowest BCUT2D eigenvalue weighted by molar-refractivity contribution is -0.385. The molecule has 0 spiro atoms. The topological polar surface area (TPSA) is 118 Å². The molecule has 0 saturated carbocycles. The third-order valence-electron chi connectivity index (χ3n) is 2.78. The molecule has 2 aromatic rings. The van der Waals surface area contributed by atoms with Crippen molar-refractivity contribution in [3.8, 4) is 0 Å². The Morgan fingerprint density at radius 2 is 2.19 bits per heavy atom. The van der Waals surface area contributed by atoms with Crippen molar-refractivity contribution in [2.45, 2.75) is 18.2 Å². The number of sulfonamides is 1. The van der Waals surface area contributed by atoms with Gasteiger partial charge in [0.2, 0.25) is 10.0 Å². The minimum atomic E-state index is -3.77. The third-order valence-corrected chi connectivity index (χ3v) is 4.24. The predicted molar refractivity (Wildman–Crippen MR) is 75.3 cm³/mol. The molecule has 1 aromatic carbocycles. The number of imidazole rings is 1. The molecule has 0 unspecified atom stereocenters. The lowest BCUT2D eigenvalue weighted by Gasteiger charge is -2.05. The molecule has 0 atom stereocenters. The van der Waals surface area contributed by atoms with Crippen LogP contribution in [0.3, 0.4) is 0 Å². The van der Waals surface area contributed by atoms with Crippen LogP contribution in [0.2, 0.25) is 0 Å². The van der Waals surface area contributed by atoms with Crippen LogP contribution < -0.4 is 4.72 Å². The van der Waals surface area contributed by atoms with E-state index in [2.05, 4.69) is 14.7 Å². The molecule has 112 valence electrons. The average molecular weight is 310 g/mol. The van der Waals surface area contributed by atoms with Gasteiger partial charge in [0, 0.05) is 37.0 Å². The smallest absolute Gasteiger partial charge is 0.270 e. The standard InChI is InChI=1S/C12H14N4O4S/c1-9-13-8-10(15-9)5-6-14-21(19,20)12-4-2-3-11(7-12)16(17)18/h2-4,7-8,14H,5-6H2,1H3,(H,13,15). The Morgan fingerprint density at radius 1 is 1.43 bits per heavy atom. The number of aromatic amines is 1. The Labute approximate surface area is 121 Å². The molecule has 0 saturated heterocycles. The fourth-order valence-corrected chi connectivity index (χ4v) is 2.84. The maximum atomic E-state index is 12.0. The average Bonchev–Trinajstić information content (AvgIpc) is 2.84. The van der Waals surface area contributed by atoms with Crippen LogP contribution in [0, 0.1) is 17.0 Å². The Kier molecular flexibility index (Phi) is 4.34. The Hall–Kier alpha value is -2.26. The molecule has 1 aromatic heterocycles. The number of nitro groups is 1. The number of nitro benzene ring substituents is 1. The predicted octanol–water partition coefficient (Wildman–Crippen LogP) is 1.15. The molecule has 9 heteroatoms. The summed E-state index contributed by atoms with van der Waals surface area (Å²) in [4.78, 5) is 16.9. The van der Waals surface area contributed by atoms with Gasteiger partial charge in [-0.15, -0.1) is 0 Å². The highest BCUT2D eigenvalue weighted by Gasteiger charge is 2.17. The van der Waals surface area contributed by atoms with E-state index in [1.165, 1.54) is 18.2 Å². The summed E-state index contributed by atoms with van der Waals surface area (Å²) in [5.74, 6) is 0.756. The summed E-state index contributed by atoms with van der Waals surface area (Å²) in [5.41, 5.74) is 0.552. The summed E-state index contributed by atoms with van der Waals surface area (Å²) in [6.07, 6.45) is 2.09. The van der Waals surface area contributed by atoms with Gasteiger partial charge in [0.1, 0.15) is 5.82 Å². The molecule has 2 rings (SSSR count). The molecule has 21 heavy (non-hydrogen) atoms. The van der Waals surface area contributed by atoms with Crippen LogP contribution in [0.4, 0.5) is 5.69 Å². The minimum absolute atomic E-state index is 0.127. The van der Waals surface area contributed by atoms with E-state index in [0.29, 0.717) is 6.42 Å². The van der Waals surface area contributed by atoms with E-state index < -0.39 is 14.9 Å². The molecule has 2 N–H and O–H groups in total. The van der Waals surface area contributed by atoms with Gasteiger partial charge in [-0.05, 0) is 13.0 Å². The second-order valence-corrected chi connectivity index (χ2v) is 6.16. The fraction of sp³-hybridized carbons (Fsp3) is 0.250. The van der Waals surface area contributed by atoms with Gasteiger partial charge >= 0.3 is 0 Å². The van der Waals surface area contributed by atoms with Crippen molar-refractivity contribution in [1.29, 1.82) is 0 Å². The van der Waals surface area contributed by atoms with Crippen LogP contribution in [0.1, 0.15) is 11.5 Å². The molecule has 0 aliphatic rings. The number of aryl methyl sites for hydroxylation is 1. The second kappa shape index (κ2) is 6.02. The minimum Gasteiger partial charge on any atom is -0.346 e. The van der Waals surface area contributed by atoms with Crippen LogP contribution in [0.25, 0.3) is 0 Å². The summed E-state index contributed by atoms with van der Waals surface area (Å²) in [7, 11) is -3.77. The van der Waals surface area contributed by atoms with Crippen LogP contribution in [-0.2, 0) is 16.4 Å². The first-order chi connectivity index (χ1) is 9.88. The van der Waals surface area contributed by atoms with Crippen molar-refractivity contribution >= 4 is 15.7 Å². The first-order valence-electron chi connectivity index (χ1n) is 6.13. The number of nitrogens with one attached hydrogen (secondary N) is 2. The lowest BCUT2D eigenvalue weighted by Crippen LogP contribution is -2.26. The van der Waals surface area contributed by atoms with Crippen molar-refractivity contribution in [1.82, 2.24) is 14.7 Å². The zero-order valence-electron chi connectivity index (χ0n) is 11.2. The van der Waals surface area contributed by atoms with Crippen molar-refractivity contribution in [3.63, 3.8) is 0 Å². The van der Waals surface area contributed by atoms with Crippen LogP contribution in [0.5, 0.6) is 0 Å². The maximum Gasteiger partial charge on any atom is 0.270 e. The summed E-state index contributed by atoms with van der Waals surface area (Å²) in [5, 5.41) is 10.7. The number of H-pyrrole nitrogens is 1. The van der Waals surface area contributed by atoms with Crippen LogP contribution >= 0.6 is 0 Å². The van der Waals surface area contributed by atoms with E-state index in [9.17, 15) is 18.5 Å². The van der Waals surface area contributed by atoms with E-state index in [1.54, 1.807) is 13.1 Å². The van der Waals surface area contributed by atoms with Crippen molar-refractivity contribution in [2.75, 3.05) is 6.54 Å². The third kappa shape index (κ3) is 3.86. The lowest BCUT2D eigenvalue weighted by atomic mass is 10.3. The Balaban J connectivity index is 2.04. The zero-order chi connectivity index (χ0) is 15.5. The first kappa shape index (κ1) is 15.1. The summed E-state index contributed by atoms with van der Waals surface area (Å²) >= 11 is 0. The van der Waals surface area contributed by atoms with Gasteiger partial charge in [-0.1, -0.05) is 6.07 Å². The van der Waals surface area contributed by atoms with Gasteiger partial charge in [0.25, 0.3) is 5.69 Å². The number of benzene rings is 1. The summed E-state index contributed by atoms with van der Waals surface area (Å²) in [6, 6.07) is 4.93. The van der Waals surface area contributed by atoms with Gasteiger partial charge in [-0.2, -0.15) is 0 Å². The summed E-state index contributed by atoms with van der Waals surface area (Å²) in [6.45, 7) is 1.98. The SMILES string of the molecule is Cc1ncc(CCNS(=O)(=O)c2cccc([N+](=O)[O-])c2)[nH]1. The number of hydrogen-bond donors (Lipinski definition) is 2. The Bertz CT molecular complexity index is 754.